The summed E-state index contributed by atoms with van der Waals surface area (Å²) in [5.74, 6) is -2.60. The van der Waals surface area contributed by atoms with Gasteiger partial charge >= 0.3 is 0 Å². The molecule has 0 aliphatic carbocycles. The largest absolute Gasteiger partial charge is 0.330 e. The van der Waals surface area contributed by atoms with Crippen LogP contribution in [0.2, 0.25) is 0 Å². The van der Waals surface area contributed by atoms with Crippen LogP contribution in [0, 0.1) is 5.89 Å². The molecule has 46 valence electrons. The molecule has 0 rings (SSSR count). The molecular weight excluding hydrogens is 110 g/mol. The van der Waals surface area contributed by atoms with Crippen molar-refractivity contribution in [3.63, 3.8) is 0 Å². The van der Waals surface area contributed by atoms with Crippen molar-refractivity contribution in [2.45, 2.75) is 20.1 Å². The van der Waals surface area contributed by atoms with Crippen LogP contribution in [-0.2, 0) is 0 Å². The van der Waals surface area contributed by atoms with Gasteiger partial charge in [0.1, 0.15) is 0 Å². The minimum Gasteiger partial charge on any atom is -0.330 e. The Morgan fingerprint density at radius 2 is 2.71 bits per heavy atom. The Hall–Kier alpha value is 0.250. The highest BCUT2D eigenvalue weighted by atomic mass is 35.5. The van der Waals surface area contributed by atoms with Gasteiger partial charge in [-0.05, 0) is 18.8 Å². The number of hydrogen-bond donors (Lipinski definition) is 1. The van der Waals surface area contributed by atoms with E-state index in [9.17, 15) is 0 Å². The van der Waals surface area contributed by atoms with E-state index in [0.717, 1.165) is 6.92 Å². The summed E-state index contributed by atoms with van der Waals surface area (Å²) in [5, 5.41) is 0. The fourth-order valence-electron chi connectivity index (χ4n) is 0.108. The summed E-state index contributed by atoms with van der Waals surface area (Å²) in [6.07, 6.45) is -2.97. The molecule has 0 bridgehead atoms. The van der Waals surface area contributed by atoms with Crippen LogP contribution in [-0.4, -0.2) is 6.50 Å². The molecule has 7 heavy (non-hydrogen) atoms. The molecule has 2 N–H and O–H groups in total. The van der Waals surface area contributed by atoms with Gasteiger partial charge in [0.2, 0.25) is 0 Å². The molecule has 1 unspecified atom stereocenters. The van der Waals surface area contributed by atoms with Crippen molar-refractivity contribution in [3.8, 4) is 0 Å². The fourth-order valence-corrected chi connectivity index (χ4v) is 0.108. The average Bonchev–Trinajstić information content (AvgIpc) is 1.81. The van der Waals surface area contributed by atoms with Crippen molar-refractivity contribution in [2.75, 3.05) is 6.50 Å². The van der Waals surface area contributed by atoms with Crippen molar-refractivity contribution in [1.29, 1.82) is 0 Å². The maximum Gasteiger partial charge on any atom is 0.0426 e. The van der Waals surface area contributed by atoms with Gasteiger partial charge in [-0.2, -0.15) is 0 Å². The summed E-state index contributed by atoms with van der Waals surface area (Å²) >= 11 is 0. The highest BCUT2D eigenvalue weighted by Crippen LogP contribution is 1.93. The normalized spacial score (nSPS) is 39.7. The van der Waals surface area contributed by atoms with Crippen LogP contribution < -0.4 is 5.73 Å². The van der Waals surface area contributed by atoms with E-state index in [1.165, 1.54) is 0 Å². The zero-order valence-electron chi connectivity index (χ0n) is 12.0. The lowest BCUT2D eigenvalue weighted by atomic mass is 10.1. The molecule has 0 aromatic heterocycles. The lowest BCUT2D eigenvalue weighted by Crippen LogP contribution is -2.01. The quantitative estimate of drug-likeness (QED) is 0.603. The Morgan fingerprint density at radius 1 is 2.14 bits per heavy atom. The van der Waals surface area contributed by atoms with Gasteiger partial charge in [-0.25, -0.2) is 0 Å². The summed E-state index contributed by atoms with van der Waals surface area (Å²) in [5.41, 5.74) is 4.88. The zero-order valence-corrected chi connectivity index (χ0v) is 4.80. The summed E-state index contributed by atoms with van der Waals surface area (Å²) in [7, 11) is 0. The van der Waals surface area contributed by atoms with Gasteiger partial charge in [0, 0.05) is 11.0 Å². The van der Waals surface area contributed by atoms with Gasteiger partial charge < -0.3 is 5.73 Å². The average molecular weight is 132 g/mol. The Labute approximate surface area is 62.9 Å². The molecule has 0 spiro atoms. The predicted octanol–water partition coefficient (Wildman–Crippen LogP) is 1.41. The third kappa shape index (κ3) is 10.7. The van der Waals surface area contributed by atoms with E-state index in [-0.39, 0.29) is 12.4 Å². The molecular formula is C5H14ClN. The summed E-state index contributed by atoms with van der Waals surface area (Å²) < 4.78 is 56.7. The van der Waals surface area contributed by atoms with Gasteiger partial charge in [0.15, 0.2) is 0 Å². The Kier molecular flexibility index (Phi) is 1.44. The van der Waals surface area contributed by atoms with Gasteiger partial charge in [-0.15, -0.1) is 12.4 Å². The van der Waals surface area contributed by atoms with E-state index < -0.39 is 25.6 Å². The first kappa shape index (κ1) is 1.61. The van der Waals surface area contributed by atoms with E-state index in [1.54, 1.807) is 0 Å². The topological polar surface area (TPSA) is 26.0 Å². The maximum absolute atomic E-state index is 7.38. The fraction of sp³-hybridized carbons (Fsp3) is 1.00. The van der Waals surface area contributed by atoms with Crippen molar-refractivity contribution in [3.05, 3.63) is 0 Å². The van der Waals surface area contributed by atoms with E-state index in [0.29, 0.717) is 0 Å². The Balaban J connectivity index is 0. The second kappa shape index (κ2) is 6.25. The molecule has 0 amide bonds. The number of nitrogens with two attached hydrogens (primary N) is 1. The zero-order chi connectivity index (χ0) is 12.0. The minimum absolute atomic E-state index is 0. The first-order valence-corrected chi connectivity index (χ1v) is 1.54. The van der Waals surface area contributed by atoms with Crippen LogP contribution >= 0.6 is 12.4 Å². The molecule has 1 atom stereocenters. The van der Waals surface area contributed by atoms with Crippen LogP contribution in [0.4, 0.5) is 0 Å². The van der Waals surface area contributed by atoms with Crippen molar-refractivity contribution >= 4 is 12.4 Å². The first-order valence-electron chi connectivity index (χ1n) is 5.54. The number of hydrogen-bond acceptors (Lipinski definition) is 1. The second-order valence-electron chi connectivity index (χ2n) is 0.894. The highest BCUT2D eigenvalue weighted by molar-refractivity contribution is 5.85. The predicted molar refractivity (Wildman–Crippen MR) is 35.8 cm³/mol. The van der Waals surface area contributed by atoms with Crippen molar-refractivity contribution in [1.82, 2.24) is 0 Å². The van der Waals surface area contributed by atoms with E-state index in [1.807, 2.05) is 0 Å². The monoisotopic (exact) mass is 131 g/mol. The van der Waals surface area contributed by atoms with Crippen LogP contribution in [0.5, 0.6) is 0 Å². The summed E-state index contributed by atoms with van der Waals surface area (Å²) in [6, 6.07) is 0. The van der Waals surface area contributed by atoms with Crippen LogP contribution in [0.1, 0.15) is 31.1 Å². The van der Waals surface area contributed by atoms with Gasteiger partial charge in [0.05, 0.1) is 0 Å². The van der Waals surface area contributed by atoms with Crippen molar-refractivity contribution in [2.24, 2.45) is 11.6 Å². The molecule has 0 saturated carbocycles. The van der Waals surface area contributed by atoms with Crippen molar-refractivity contribution < 1.29 is 11.0 Å². The van der Waals surface area contributed by atoms with Gasteiger partial charge in [-0.3, -0.25) is 0 Å². The molecule has 0 aliphatic rings. The third-order valence-corrected chi connectivity index (χ3v) is 0.260. The molecule has 0 aliphatic heterocycles. The molecule has 0 heterocycles. The summed E-state index contributed by atoms with van der Waals surface area (Å²) in [6.45, 7) is -5.01. The molecule has 0 fully saturated rings. The SMILES string of the molecule is Cl.[2H]C([2H])([2H])C([2H])(C)C([2H])([2H])C([2H])([2H])N. The van der Waals surface area contributed by atoms with Crippen LogP contribution in [0.25, 0.3) is 0 Å². The van der Waals surface area contributed by atoms with E-state index in [4.69, 9.17) is 16.7 Å². The van der Waals surface area contributed by atoms with Crippen LogP contribution in [0.3, 0.4) is 0 Å². The molecule has 0 aromatic rings. The molecule has 1 nitrogen and oxygen atoms in total. The lowest BCUT2D eigenvalue weighted by molar-refractivity contribution is 0.596. The molecule has 0 saturated heterocycles. The molecule has 2 heteroatoms. The Morgan fingerprint density at radius 3 is 2.86 bits per heavy atom. The first-order chi connectivity index (χ1) is 5.75. The highest BCUT2D eigenvalue weighted by Gasteiger charge is 1.85. The van der Waals surface area contributed by atoms with Gasteiger partial charge in [0.25, 0.3) is 0 Å². The smallest absolute Gasteiger partial charge is 0.0426 e. The third-order valence-electron chi connectivity index (χ3n) is 0.260. The lowest BCUT2D eigenvalue weighted by Gasteiger charge is -1.96. The maximum atomic E-state index is 7.38. The molecule has 0 radical (unpaired) electrons. The molecule has 0 aromatic carbocycles. The van der Waals surface area contributed by atoms with Crippen LogP contribution in [0.15, 0.2) is 0 Å². The number of halogens is 1. The standard InChI is InChI=1S/C5H13N.ClH/c1-5(2)3-4-6;/h5H,3-4,6H2,1-2H3;1H/i1D3,3D2,4D2,5D;. The number of rotatable bonds is 2. The van der Waals surface area contributed by atoms with E-state index in [2.05, 4.69) is 0 Å². The summed E-state index contributed by atoms with van der Waals surface area (Å²) in [4.78, 5) is 0. The van der Waals surface area contributed by atoms with Gasteiger partial charge in [-0.1, -0.05) is 13.8 Å². The minimum atomic E-state index is -2.97. The van der Waals surface area contributed by atoms with E-state index >= 15 is 0 Å². The second-order valence-corrected chi connectivity index (χ2v) is 0.894. The Bertz CT molecular complexity index is 192.